The lowest BCUT2D eigenvalue weighted by molar-refractivity contribution is -0.137. The number of aromatic nitrogens is 3. The molecule has 4 rings (SSSR count). The molecule has 0 saturated carbocycles. The van der Waals surface area contributed by atoms with E-state index in [4.69, 9.17) is 0 Å². The van der Waals surface area contributed by atoms with Gasteiger partial charge in [-0.2, -0.15) is 18.3 Å². The van der Waals surface area contributed by atoms with Crippen LogP contribution in [-0.2, 0) is 23.2 Å². The fourth-order valence-electron chi connectivity index (χ4n) is 3.23. The van der Waals surface area contributed by atoms with Crippen molar-refractivity contribution in [2.75, 3.05) is 11.0 Å². The molecular formula is C18H15F3N4O2S. The number of fused-ring (bicyclic) bond motifs is 3. The van der Waals surface area contributed by atoms with Crippen LogP contribution in [0, 0.1) is 0 Å². The molecule has 2 heterocycles. The van der Waals surface area contributed by atoms with E-state index in [1.54, 1.807) is 40.7 Å². The summed E-state index contributed by atoms with van der Waals surface area (Å²) in [4.78, 5) is 0. The van der Waals surface area contributed by atoms with Gasteiger partial charge < -0.3 is 0 Å². The quantitative estimate of drug-likeness (QED) is 0.559. The van der Waals surface area contributed by atoms with Gasteiger partial charge in [-0.3, -0.25) is 14.0 Å². The van der Waals surface area contributed by atoms with Crippen molar-refractivity contribution < 1.29 is 21.6 Å². The normalized spacial score (nSPS) is 12.8. The minimum atomic E-state index is -4.41. The first-order valence-corrected chi connectivity index (χ1v) is 10.1. The van der Waals surface area contributed by atoms with E-state index in [0.717, 1.165) is 29.2 Å². The Bertz CT molecular complexity index is 1300. The Labute approximate surface area is 158 Å². The summed E-state index contributed by atoms with van der Waals surface area (Å²) in [6.45, 7) is 0. The molecule has 1 N–H and O–H groups in total. The van der Waals surface area contributed by atoms with Crippen molar-refractivity contribution in [1.82, 2.24) is 14.3 Å². The highest BCUT2D eigenvalue weighted by Gasteiger charge is 2.30. The highest BCUT2D eigenvalue weighted by Crippen LogP contribution is 2.34. The third-order valence-corrected chi connectivity index (χ3v) is 4.91. The Morgan fingerprint density at radius 1 is 1.04 bits per heavy atom. The number of hydrogen-bond donors (Lipinski definition) is 1. The number of aryl methyl sites for hydroxylation is 1. The standard InChI is InChI=1S/C18H15F3N4O2S/c1-24-10-15-14-9-12(23-28(2,26)27)5-8-16(14)25(17(15)22-24)13-6-3-11(4-7-13)18(19,20)21/h3-10,23H,1-2H3. The second kappa shape index (κ2) is 5.99. The highest BCUT2D eigenvalue weighted by atomic mass is 32.2. The number of nitrogens with one attached hydrogen (secondary N) is 1. The van der Waals surface area contributed by atoms with Gasteiger partial charge in [-0.15, -0.1) is 0 Å². The Morgan fingerprint density at radius 2 is 1.71 bits per heavy atom. The van der Waals surface area contributed by atoms with Crippen molar-refractivity contribution in [1.29, 1.82) is 0 Å². The average molecular weight is 408 g/mol. The second-order valence-electron chi connectivity index (χ2n) is 6.53. The number of benzene rings is 2. The molecule has 0 aliphatic rings. The summed E-state index contributed by atoms with van der Waals surface area (Å²) < 4.78 is 67.4. The fraction of sp³-hybridized carbons (Fsp3) is 0.167. The monoisotopic (exact) mass is 408 g/mol. The number of anilines is 1. The molecule has 0 bridgehead atoms. The van der Waals surface area contributed by atoms with Crippen LogP contribution in [0.25, 0.3) is 27.6 Å². The third-order valence-electron chi connectivity index (χ3n) is 4.30. The van der Waals surface area contributed by atoms with Gasteiger partial charge in [0.05, 0.1) is 17.3 Å². The van der Waals surface area contributed by atoms with Gasteiger partial charge in [0.1, 0.15) is 0 Å². The minimum Gasteiger partial charge on any atom is -0.292 e. The number of alkyl halides is 3. The molecule has 0 radical (unpaired) electrons. The van der Waals surface area contributed by atoms with Crippen LogP contribution in [-0.4, -0.2) is 29.0 Å². The van der Waals surface area contributed by atoms with Crippen molar-refractivity contribution >= 4 is 37.6 Å². The van der Waals surface area contributed by atoms with E-state index in [1.807, 2.05) is 0 Å². The van der Waals surface area contributed by atoms with Crippen LogP contribution in [0.1, 0.15) is 5.56 Å². The van der Waals surface area contributed by atoms with E-state index in [-0.39, 0.29) is 0 Å². The lowest BCUT2D eigenvalue weighted by Gasteiger charge is -2.10. The molecule has 10 heteroatoms. The highest BCUT2D eigenvalue weighted by molar-refractivity contribution is 7.92. The maximum atomic E-state index is 12.9. The van der Waals surface area contributed by atoms with Crippen molar-refractivity contribution in [2.24, 2.45) is 7.05 Å². The lowest BCUT2D eigenvalue weighted by atomic mass is 10.2. The number of nitrogens with zero attached hydrogens (tertiary/aromatic N) is 3. The van der Waals surface area contributed by atoms with Gasteiger partial charge in [-0.05, 0) is 42.5 Å². The molecule has 146 valence electrons. The zero-order valence-corrected chi connectivity index (χ0v) is 15.6. The molecular weight excluding hydrogens is 393 g/mol. The topological polar surface area (TPSA) is 68.9 Å². The molecule has 0 saturated heterocycles. The summed E-state index contributed by atoms with van der Waals surface area (Å²) in [7, 11) is -1.70. The van der Waals surface area contributed by atoms with Crippen molar-refractivity contribution in [2.45, 2.75) is 6.18 Å². The van der Waals surface area contributed by atoms with Crippen LogP contribution in [0.3, 0.4) is 0 Å². The molecule has 0 fully saturated rings. The average Bonchev–Trinajstić information content (AvgIpc) is 3.08. The number of halogens is 3. The molecule has 0 amide bonds. The Kier molecular flexibility index (Phi) is 3.93. The van der Waals surface area contributed by atoms with Gasteiger partial charge in [0.15, 0.2) is 5.65 Å². The predicted octanol–water partition coefficient (Wildman–Crippen LogP) is 3.91. The van der Waals surface area contributed by atoms with E-state index in [9.17, 15) is 21.6 Å². The summed E-state index contributed by atoms with van der Waals surface area (Å²) in [5.74, 6) is 0. The molecule has 6 nitrogen and oxygen atoms in total. The van der Waals surface area contributed by atoms with E-state index in [0.29, 0.717) is 22.5 Å². The Balaban J connectivity index is 1.94. The first kappa shape index (κ1) is 18.4. The number of rotatable bonds is 3. The predicted molar refractivity (Wildman–Crippen MR) is 101 cm³/mol. The summed E-state index contributed by atoms with van der Waals surface area (Å²) in [6.07, 6.45) is -1.57. The van der Waals surface area contributed by atoms with Crippen molar-refractivity contribution in [3.63, 3.8) is 0 Å². The molecule has 28 heavy (non-hydrogen) atoms. The molecule has 4 aromatic rings. The summed E-state index contributed by atoms with van der Waals surface area (Å²) in [5.41, 5.74) is 1.45. The summed E-state index contributed by atoms with van der Waals surface area (Å²) >= 11 is 0. The molecule has 2 aromatic heterocycles. The largest absolute Gasteiger partial charge is 0.416 e. The smallest absolute Gasteiger partial charge is 0.292 e. The van der Waals surface area contributed by atoms with Crippen LogP contribution in [0.2, 0.25) is 0 Å². The van der Waals surface area contributed by atoms with Crippen LogP contribution < -0.4 is 4.72 Å². The molecule has 0 unspecified atom stereocenters. The molecule has 2 aromatic carbocycles. The number of hydrogen-bond acceptors (Lipinski definition) is 3. The van der Waals surface area contributed by atoms with Gasteiger partial charge in [0.25, 0.3) is 0 Å². The van der Waals surface area contributed by atoms with Gasteiger partial charge >= 0.3 is 6.18 Å². The maximum absolute atomic E-state index is 12.9. The first-order chi connectivity index (χ1) is 13.0. The Morgan fingerprint density at radius 3 is 2.32 bits per heavy atom. The van der Waals surface area contributed by atoms with Gasteiger partial charge in [-0.25, -0.2) is 8.42 Å². The SMILES string of the molecule is Cn1cc2c3cc(NS(C)(=O)=O)ccc3n(-c3ccc(C(F)(F)F)cc3)c2n1. The summed E-state index contributed by atoms with van der Waals surface area (Å²) in [5, 5.41) is 5.91. The summed E-state index contributed by atoms with van der Waals surface area (Å²) in [6, 6.07) is 9.81. The van der Waals surface area contributed by atoms with Crippen LogP contribution in [0.15, 0.2) is 48.7 Å². The second-order valence-corrected chi connectivity index (χ2v) is 8.27. The molecule has 0 aliphatic carbocycles. The fourth-order valence-corrected chi connectivity index (χ4v) is 3.79. The number of sulfonamides is 1. The van der Waals surface area contributed by atoms with Gasteiger partial charge in [0.2, 0.25) is 10.0 Å². The molecule has 0 aliphatic heterocycles. The third kappa shape index (κ3) is 3.19. The zero-order valence-electron chi connectivity index (χ0n) is 14.8. The van der Waals surface area contributed by atoms with Crippen molar-refractivity contribution in [3.8, 4) is 5.69 Å². The Hall–Kier alpha value is -3.01. The van der Waals surface area contributed by atoms with Crippen molar-refractivity contribution in [3.05, 3.63) is 54.2 Å². The zero-order chi connectivity index (χ0) is 20.3. The van der Waals surface area contributed by atoms with E-state index in [2.05, 4.69) is 9.82 Å². The molecule has 0 atom stereocenters. The minimum absolute atomic E-state index is 0.394. The van der Waals surface area contributed by atoms with E-state index in [1.165, 1.54) is 12.1 Å². The van der Waals surface area contributed by atoms with E-state index >= 15 is 0 Å². The first-order valence-electron chi connectivity index (χ1n) is 8.16. The van der Waals surface area contributed by atoms with Gasteiger partial charge in [-0.1, -0.05) is 0 Å². The van der Waals surface area contributed by atoms with Crippen LogP contribution >= 0.6 is 0 Å². The van der Waals surface area contributed by atoms with Crippen LogP contribution in [0.4, 0.5) is 18.9 Å². The lowest BCUT2D eigenvalue weighted by Crippen LogP contribution is -2.09. The van der Waals surface area contributed by atoms with E-state index < -0.39 is 21.8 Å². The van der Waals surface area contributed by atoms with Crippen LogP contribution in [0.5, 0.6) is 0 Å². The maximum Gasteiger partial charge on any atom is 0.416 e. The molecule has 0 spiro atoms. The van der Waals surface area contributed by atoms with Gasteiger partial charge in [0, 0.05) is 35.4 Å².